The smallest absolute Gasteiger partial charge is 0.258 e. The second-order valence-corrected chi connectivity index (χ2v) is 5.18. The average Bonchev–Trinajstić information content (AvgIpc) is 3.15. The molecule has 2 aromatic heterocycles. The first-order valence-electron chi connectivity index (χ1n) is 6.95. The van der Waals surface area contributed by atoms with E-state index < -0.39 is 0 Å². The standard InChI is InChI=1S/C15H15N5O/c1-20-9-17-8-13(20)14-18-15(21-19-14)12-4-2-3-10-7-16-6-5-11(10)12/h2-4,8-9,16H,5-7H2,1H3. The summed E-state index contributed by atoms with van der Waals surface area (Å²) < 4.78 is 7.35. The van der Waals surface area contributed by atoms with Crippen LogP contribution < -0.4 is 5.32 Å². The number of hydrogen-bond acceptors (Lipinski definition) is 5. The van der Waals surface area contributed by atoms with E-state index >= 15 is 0 Å². The van der Waals surface area contributed by atoms with Crippen LogP contribution in [0.4, 0.5) is 0 Å². The minimum atomic E-state index is 0.566. The maximum atomic E-state index is 5.47. The summed E-state index contributed by atoms with van der Waals surface area (Å²) in [4.78, 5) is 8.62. The predicted molar refractivity (Wildman–Crippen MR) is 77.3 cm³/mol. The molecule has 0 unspecified atom stereocenters. The number of aromatic nitrogens is 4. The first-order chi connectivity index (χ1) is 10.3. The highest BCUT2D eigenvalue weighted by Gasteiger charge is 2.19. The Morgan fingerprint density at radius 2 is 2.29 bits per heavy atom. The molecule has 1 N–H and O–H groups in total. The number of imidazole rings is 1. The van der Waals surface area contributed by atoms with Gasteiger partial charge in [-0.1, -0.05) is 17.3 Å². The molecule has 0 spiro atoms. The van der Waals surface area contributed by atoms with E-state index in [4.69, 9.17) is 4.52 Å². The van der Waals surface area contributed by atoms with Gasteiger partial charge in [0.25, 0.3) is 5.89 Å². The molecule has 0 aliphatic carbocycles. The zero-order chi connectivity index (χ0) is 14.2. The summed E-state index contributed by atoms with van der Waals surface area (Å²) in [5, 5.41) is 7.46. The van der Waals surface area contributed by atoms with Crippen molar-refractivity contribution < 1.29 is 4.52 Å². The van der Waals surface area contributed by atoms with Crippen LogP contribution >= 0.6 is 0 Å². The van der Waals surface area contributed by atoms with Crippen LogP contribution in [0.5, 0.6) is 0 Å². The van der Waals surface area contributed by atoms with Crippen molar-refractivity contribution in [1.82, 2.24) is 25.0 Å². The normalized spacial score (nSPS) is 14.1. The Hall–Kier alpha value is -2.47. The molecular formula is C15H15N5O. The summed E-state index contributed by atoms with van der Waals surface area (Å²) >= 11 is 0. The zero-order valence-electron chi connectivity index (χ0n) is 11.7. The molecule has 0 bridgehead atoms. The first-order valence-corrected chi connectivity index (χ1v) is 6.95. The van der Waals surface area contributed by atoms with Gasteiger partial charge >= 0.3 is 0 Å². The van der Waals surface area contributed by atoms with Crippen molar-refractivity contribution in [3.8, 4) is 23.0 Å². The fraction of sp³-hybridized carbons (Fsp3) is 0.267. The van der Waals surface area contributed by atoms with Crippen LogP contribution in [0.15, 0.2) is 35.2 Å². The van der Waals surface area contributed by atoms with Gasteiger partial charge in [0, 0.05) is 19.2 Å². The highest BCUT2D eigenvalue weighted by molar-refractivity contribution is 5.63. The van der Waals surface area contributed by atoms with Gasteiger partial charge in [0.2, 0.25) is 5.82 Å². The van der Waals surface area contributed by atoms with Gasteiger partial charge in [0.15, 0.2) is 0 Å². The number of nitrogens with one attached hydrogen (secondary N) is 1. The molecular weight excluding hydrogens is 266 g/mol. The van der Waals surface area contributed by atoms with E-state index in [1.54, 1.807) is 12.5 Å². The highest BCUT2D eigenvalue weighted by Crippen LogP contribution is 2.28. The molecule has 3 heterocycles. The summed E-state index contributed by atoms with van der Waals surface area (Å²) in [7, 11) is 1.91. The van der Waals surface area contributed by atoms with E-state index in [-0.39, 0.29) is 0 Å². The Labute approximate surface area is 121 Å². The molecule has 0 atom stereocenters. The number of benzene rings is 1. The third-order valence-corrected chi connectivity index (χ3v) is 3.84. The maximum Gasteiger partial charge on any atom is 0.258 e. The number of nitrogens with zero attached hydrogens (tertiary/aromatic N) is 4. The minimum absolute atomic E-state index is 0.566. The van der Waals surface area contributed by atoms with E-state index in [2.05, 4.69) is 26.5 Å². The van der Waals surface area contributed by atoms with E-state index in [0.717, 1.165) is 30.8 Å². The Kier molecular flexibility index (Phi) is 2.82. The summed E-state index contributed by atoms with van der Waals surface area (Å²) in [5.74, 6) is 1.14. The van der Waals surface area contributed by atoms with Gasteiger partial charge < -0.3 is 14.4 Å². The number of aryl methyl sites for hydroxylation is 1. The Morgan fingerprint density at radius 1 is 1.33 bits per heavy atom. The van der Waals surface area contributed by atoms with Gasteiger partial charge in [0.1, 0.15) is 5.69 Å². The van der Waals surface area contributed by atoms with Crippen LogP contribution in [0.3, 0.4) is 0 Å². The molecule has 0 amide bonds. The summed E-state index contributed by atoms with van der Waals surface area (Å²) in [6.45, 7) is 1.87. The molecule has 0 fully saturated rings. The van der Waals surface area contributed by atoms with Crippen molar-refractivity contribution in [3.63, 3.8) is 0 Å². The summed E-state index contributed by atoms with van der Waals surface area (Å²) in [6, 6.07) is 6.23. The molecule has 6 heteroatoms. The quantitative estimate of drug-likeness (QED) is 0.775. The Balaban J connectivity index is 1.78. The number of fused-ring (bicyclic) bond motifs is 1. The van der Waals surface area contributed by atoms with E-state index in [9.17, 15) is 0 Å². The predicted octanol–water partition coefficient (Wildman–Crippen LogP) is 1.78. The Bertz CT molecular complexity index is 789. The van der Waals surface area contributed by atoms with Gasteiger partial charge in [-0.15, -0.1) is 0 Å². The largest absolute Gasteiger partial charge is 0.334 e. The van der Waals surface area contributed by atoms with Crippen molar-refractivity contribution >= 4 is 0 Å². The van der Waals surface area contributed by atoms with Gasteiger partial charge in [-0.3, -0.25) is 0 Å². The van der Waals surface area contributed by atoms with Crippen LogP contribution in [0.25, 0.3) is 23.0 Å². The van der Waals surface area contributed by atoms with E-state index in [1.807, 2.05) is 23.7 Å². The van der Waals surface area contributed by atoms with Crippen LogP contribution in [0.1, 0.15) is 11.1 Å². The minimum Gasteiger partial charge on any atom is -0.334 e. The Morgan fingerprint density at radius 3 is 3.14 bits per heavy atom. The SMILES string of the molecule is Cn1cncc1-c1noc(-c2cccc3c2CCNC3)n1. The van der Waals surface area contributed by atoms with Crippen molar-refractivity contribution in [2.45, 2.75) is 13.0 Å². The molecule has 3 aromatic rings. The maximum absolute atomic E-state index is 5.47. The molecule has 0 saturated carbocycles. The third kappa shape index (κ3) is 2.04. The van der Waals surface area contributed by atoms with Crippen LogP contribution in [-0.2, 0) is 20.0 Å². The molecule has 1 aromatic carbocycles. The lowest BCUT2D eigenvalue weighted by Gasteiger charge is -2.18. The van der Waals surface area contributed by atoms with Crippen LogP contribution in [0, 0.1) is 0 Å². The lowest BCUT2D eigenvalue weighted by molar-refractivity contribution is 0.431. The zero-order valence-corrected chi connectivity index (χ0v) is 11.7. The highest BCUT2D eigenvalue weighted by atomic mass is 16.5. The molecule has 1 aliphatic rings. The van der Waals surface area contributed by atoms with Crippen LogP contribution in [-0.4, -0.2) is 26.2 Å². The number of hydrogen-bond donors (Lipinski definition) is 1. The van der Waals surface area contributed by atoms with Crippen molar-refractivity contribution in [2.75, 3.05) is 6.54 Å². The monoisotopic (exact) mass is 281 g/mol. The molecule has 0 saturated heterocycles. The molecule has 1 aliphatic heterocycles. The molecule has 4 rings (SSSR count). The van der Waals surface area contributed by atoms with Gasteiger partial charge in [-0.2, -0.15) is 4.98 Å². The van der Waals surface area contributed by atoms with E-state index in [0.29, 0.717) is 11.7 Å². The lowest BCUT2D eigenvalue weighted by Crippen LogP contribution is -2.24. The molecule has 106 valence electrons. The fourth-order valence-electron chi connectivity index (χ4n) is 2.74. The fourth-order valence-corrected chi connectivity index (χ4v) is 2.74. The average molecular weight is 281 g/mol. The first kappa shape index (κ1) is 12.3. The molecule has 0 radical (unpaired) electrons. The van der Waals surface area contributed by atoms with Crippen molar-refractivity contribution in [2.24, 2.45) is 7.05 Å². The van der Waals surface area contributed by atoms with E-state index in [1.165, 1.54) is 11.1 Å². The molecule has 21 heavy (non-hydrogen) atoms. The van der Waals surface area contributed by atoms with Crippen molar-refractivity contribution in [3.05, 3.63) is 41.9 Å². The number of rotatable bonds is 2. The van der Waals surface area contributed by atoms with Gasteiger partial charge in [-0.05, 0) is 30.2 Å². The second-order valence-electron chi connectivity index (χ2n) is 5.18. The topological polar surface area (TPSA) is 68.8 Å². The summed E-state index contributed by atoms with van der Waals surface area (Å²) in [6.07, 6.45) is 4.44. The second kappa shape index (κ2) is 4.82. The van der Waals surface area contributed by atoms with Crippen molar-refractivity contribution in [1.29, 1.82) is 0 Å². The van der Waals surface area contributed by atoms with Gasteiger partial charge in [0.05, 0.1) is 12.5 Å². The molecule has 6 nitrogen and oxygen atoms in total. The van der Waals surface area contributed by atoms with Gasteiger partial charge in [-0.25, -0.2) is 4.98 Å². The van der Waals surface area contributed by atoms with Crippen LogP contribution in [0.2, 0.25) is 0 Å². The summed E-state index contributed by atoms with van der Waals surface area (Å²) in [5.41, 5.74) is 4.49. The third-order valence-electron chi connectivity index (χ3n) is 3.84. The lowest BCUT2D eigenvalue weighted by atomic mass is 9.95.